The molecule has 0 nitrogen and oxygen atoms in total. The van der Waals surface area contributed by atoms with Crippen LogP contribution in [0.2, 0.25) is 0 Å². The highest BCUT2D eigenvalue weighted by Gasteiger charge is 2.15. The minimum Gasteiger partial charge on any atom is -0.247 e. The molecule has 0 aromatic carbocycles. The van der Waals surface area contributed by atoms with E-state index in [1.54, 1.807) is 6.92 Å². The topological polar surface area (TPSA) is 0 Å². The number of hydrogen-bond acceptors (Lipinski definition) is 0. The monoisotopic (exact) mass is 314 g/mol. The second kappa shape index (κ2) is 17.3. The zero-order valence-corrected chi connectivity index (χ0v) is 15.8. The molecule has 0 fully saturated rings. The Balaban J connectivity index is 3.49. The molecule has 134 valence electrons. The SMILES string of the molecule is CCCCCCCCCC(CCCCCCCCC)C(C)F. The maximum absolute atomic E-state index is 13.7. The highest BCUT2D eigenvalue weighted by molar-refractivity contribution is 4.66. The van der Waals surface area contributed by atoms with Crippen molar-refractivity contribution in [1.82, 2.24) is 0 Å². The van der Waals surface area contributed by atoms with Crippen LogP contribution in [0.1, 0.15) is 124 Å². The fourth-order valence-corrected chi connectivity index (χ4v) is 3.33. The Morgan fingerprint density at radius 2 is 0.864 bits per heavy atom. The first kappa shape index (κ1) is 21.9. The molecule has 0 amide bonds. The van der Waals surface area contributed by atoms with Crippen LogP contribution in [0.15, 0.2) is 0 Å². The van der Waals surface area contributed by atoms with Gasteiger partial charge in [0.2, 0.25) is 0 Å². The average molecular weight is 315 g/mol. The molecule has 0 bridgehead atoms. The van der Waals surface area contributed by atoms with E-state index in [0.29, 0.717) is 5.92 Å². The van der Waals surface area contributed by atoms with Gasteiger partial charge in [0.05, 0.1) is 0 Å². The molecular formula is C21H43F. The number of halogens is 1. The maximum Gasteiger partial charge on any atom is 0.100 e. The zero-order valence-electron chi connectivity index (χ0n) is 15.8. The average Bonchev–Trinajstić information content (AvgIpc) is 2.50. The summed E-state index contributed by atoms with van der Waals surface area (Å²) in [5.74, 6) is 0.325. The van der Waals surface area contributed by atoms with Gasteiger partial charge in [-0.2, -0.15) is 0 Å². The molecule has 0 aliphatic heterocycles. The third-order valence-electron chi connectivity index (χ3n) is 5.01. The third-order valence-corrected chi connectivity index (χ3v) is 5.01. The summed E-state index contributed by atoms with van der Waals surface area (Å²) in [5.41, 5.74) is 0. The molecule has 1 heteroatoms. The molecule has 0 saturated heterocycles. The normalized spacial score (nSPS) is 13.0. The van der Waals surface area contributed by atoms with E-state index >= 15 is 0 Å². The number of hydrogen-bond donors (Lipinski definition) is 0. The number of alkyl halides is 1. The molecule has 0 N–H and O–H groups in total. The van der Waals surface area contributed by atoms with Gasteiger partial charge in [-0.3, -0.25) is 0 Å². The lowest BCUT2D eigenvalue weighted by molar-refractivity contribution is 0.216. The Morgan fingerprint density at radius 1 is 0.545 bits per heavy atom. The van der Waals surface area contributed by atoms with Crippen LogP contribution in [-0.2, 0) is 0 Å². The second-order valence-electron chi connectivity index (χ2n) is 7.26. The van der Waals surface area contributed by atoms with Crippen molar-refractivity contribution in [1.29, 1.82) is 0 Å². The van der Waals surface area contributed by atoms with Crippen molar-refractivity contribution in [3.63, 3.8) is 0 Å². The van der Waals surface area contributed by atoms with Crippen molar-refractivity contribution in [3.05, 3.63) is 0 Å². The molecule has 0 aliphatic rings. The molecule has 0 heterocycles. The fourth-order valence-electron chi connectivity index (χ4n) is 3.33. The Morgan fingerprint density at radius 3 is 1.18 bits per heavy atom. The standard InChI is InChI=1S/C21H43F/c1-4-6-8-10-12-14-16-18-21(20(3)22)19-17-15-13-11-9-7-5-2/h20-21H,4-19H2,1-3H3. The van der Waals surface area contributed by atoms with Crippen molar-refractivity contribution in [3.8, 4) is 0 Å². The summed E-state index contributed by atoms with van der Waals surface area (Å²) in [5, 5.41) is 0. The van der Waals surface area contributed by atoms with Gasteiger partial charge in [-0.1, -0.05) is 104 Å². The molecular weight excluding hydrogens is 271 g/mol. The van der Waals surface area contributed by atoms with Gasteiger partial charge in [0.15, 0.2) is 0 Å². The second-order valence-corrected chi connectivity index (χ2v) is 7.26. The molecule has 0 spiro atoms. The molecule has 0 aromatic heterocycles. The van der Waals surface area contributed by atoms with Crippen molar-refractivity contribution in [2.24, 2.45) is 5.92 Å². The first-order valence-corrected chi connectivity index (χ1v) is 10.4. The van der Waals surface area contributed by atoms with E-state index in [1.807, 2.05) is 0 Å². The first-order valence-electron chi connectivity index (χ1n) is 10.4. The Bertz CT molecular complexity index is 182. The molecule has 22 heavy (non-hydrogen) atoms. The maximum atomic E-state index is 13.7. The van der Waals surface area contributed by atoms with Gasteiger partial charge < -0.3 is 0 Å². The minimum absolute atomic E-state index is 0.325. The van der Waals surface area contributed by atoms with Crippen molar-refractivity contribution < 1.29 is 4.39 Å². The van der Waals surface area contributed by atoms with Gasteiger partial charge >= 0.3 is 0 Å². The fraction of sp³-hybridized carbons (Fsp3) is 1.00. The van der Waals surface area contributed by atoms with Gasteiger partial charge in [-0.25, -0.2) is 4.39 Å². The van der Waals surface area contributed by atoms with E-state index in [0.717, 1.165) is 12.8 Å². The summed E-state index contributed by atoms with van der Waals surface area (Å²) >= 11 is 0. The lowest BCUT2D eigenvalue weighted by atomic mass is 9.91. The quantitative estimate of drug-likeness (QED) is 0.237. The van der Waals surface area contributed by atoms with Crippen LogP contribution in [0.3, 0.4) is 0 Å². The molecule has 0 saturated carbocycles. The van der Waals surface area contributed by atoms with Crippen molar-refractivity contribution in [2.75, 3.05) is 0 Å². The smallest absolute Gasteiger partial charge is 0.100 e. The van der Waals surface area contributed by atoms with Gasteiger partial charge in [0, 0.05) is 0 Å². The van der Waals surface area contributed by atoms with E-state index in [9.17, 15) is 4.39 Å². The van der Waals surface area contributed by atoms with Gasteiger partial charge in [0.1, 0.15) is 6.17 Å². The molecule has 0 aliphatic carbocycles. The first-order chi connectivity index (χ1) is 10.7. The van der Waals surface area contributed by atoms with Gasteiger partial charge in [0.25, 0.3) is 0 Å². The Hall–Kier alpha value is -0.0700. The summed E-state index contributed by atoms with van der Waals surface area (Å²) in [6, 6.07) is 0. The molecule has 0 rings (SSSR count). The summed E-state index contributed by atoms with van der Waals surface area (Å²) in [7, 11) is 0. The lowest BCUT2D eigenvalue weighted by Crippen LogP contribution is -2.12. The Labute approximate surface area is 140 Å². The van der Waals surface area contributed by atoms with Crippen LogP contribution >= 0.6 is 0 Å². The van der Waals surface area contributed by atoms with Crippen molar-refractivity contribution >= 4 is 0 Å². The number of unbranched alkanes of at least 4 members (excludes halogenated alkanes) is 12. The van der Waals surface area contributed by atoms with Crippen LogP contribution in [0.5, 0.6) is 0 Å². The summed E-state index contributed by atoms with van der Waals surface area (Å²) in [6.07, 6.45) is 20.3. The minimum atomic E-state index is -0.611. The van der Waals surface area contributed by atoms with Crippen LogP contribution in [0.4, 0.5) is 4.39 Å². The Kier molecular flexibility index (Phi) is 17.2. The van der Waals surface area contributed by atoms with E-state index in [4.69, 9.17) is 0 Å². The van der Waals surface area contributed by atoms with Gasteiger partial charge in [-0.05, 0) is 25.7 Å². The van der Waals surface area contributed by atoms with Crippen molar-refractivity contribution in [2.45, 2.75) is 130 Å². The summed E-state index contributed by atoms with van der Waals surface area (Å²) < 4.78 is 13.7. The van der Waals surface area contributed by atoms with E-state index in [1.165, 1.54) is 89.9 Å². The van der Waals surface area contributed by atoms with Crippen LogP contribution in [0.25, 0.3) is 0 Å². The van der Waals surface area contributed by atoms with Crippen LogP contribution < -0.4 is 0 Å². The van der Waals surface area contributed by atoms with Gasteiger partial charge in [-0.15, -0.1) is 0 Å². The van der Waals surface area contributed by atoms with E-state index in [-0.39, 0.29) is 0 Å². The van der Waals surface area contributed by atoms with Crippen LogP contribution in [0, 0.1) is 5.92 Å². The molecule has 1 unspecified atom stereocenters. The molecule has 1 atom stereocenters. The molecule has 0 radical (unpaired) electrons. The summed E-state index contributed by atoms with van der Waals surface area (Å²) in [4.78, 5) is 0. The number of rotatable bonds is 17. The highest BCUT2D eigenvalue weighted by Crippen LogP contribution is 2.23. The van der Waals surface area contributed by atoms with E-state index in [2.05, 4.69) is 13.8 Å². The largest absolute Gasteiger partial charge is 0.247 e. The summed E-state index contributed by atoms with van der Waals surface area (Å²) in [6.45, 7) is 6.29. The van der Waals surface area contributed by atoms with Crippen LogP contribution in [-0.4, -0.2) is 6.17 Å². The predicted octanol–water partition coefficient (Wildman–Crippen LogP) is 8.24. The molecule has 0 aromatic rings. The predicted molar refractivity (Wildman–Crippen MR) is 99.3 cm³/mol. The lowest BCUT2D eigenvalue weighted by Gasteiger charge is -2.18. The third kappa shape index (κ3) is 14.9. The van der Waals surface area contributed by atoms with E-state index < -0.39 is 6.17 Å². The highest BCUT2D eigenvalue weighted by atomic mass is 19.1. The zero-order chi connectivity index (χ0) is 16.5.